The fourth-order valence-electron chi connectivity index (χ4n) is 3.19. The molecule has 1 aliphatic rings. The zero-order chi connectivity index (χ0) is 19.1. The molecule has 5 heteroatoms. The highest BCUT2D eigenvalue weighted by Crippen LogP contribution is 2.29. The van der Waals surface area contributed by atoms with E-state index < -0.39 is 0 Å². The number of hydrogen-bond donors (Lipinski definition) is 1. The summed E-state index contributed by atoms with van der Waals surface area (Å²) in [4.78, 5) is 12.6. The third-order valence-corrected chi connectivity index (χ3v) is 4.72. The maximum atomic E-state index is 12.6. The van der Waals surface area contributed by atoms with Crippen LogP contribution < -0.4 is 14.8 Å². The highest BCUT2D eigenvalue weighted by atomic mass is 16.5. The van der Waals surface area contributed by atoms with Crippen molar-refractivity contribution in [2.24, 2.45) is 0 Å². The van der Waals surface area contributed by atoms with Crippen LogP contribution in [-0.2, 0) is 11.2 Å². The van der Waals surface area contributed by atoms with Gasteiger partial charge in [-0.1, -0.05) is 37.6 Å². The van der Waals surface area contributed by atoms with E-state index in [-0.39, 0.29) is 12.0 Å². The van der Waals surface area contributed by atoms with Gasteiger partial charge in [-0.2, -0.15) is 0 Å². The second kappa shape index (κ2) is 9.42. The van der Waals surface area contributed by atoms with E-state index in [4.69, 9.17) is 14.2 Å². The summed E-state index contributed by atoms with van der Waals surface area (Å²) in [5, 5.41) is 2.97. The first kappa shape index (κ1) is 19.2. The summed E-state index contributed by atoms with van der Waals surface area (Å²) in [6, 6.07) is 13.5. The molecule has 2 aromatic carbocycles. The zero-order valence-corrected chi connectivity index (χ0v) is 16.0. The first-order chi connectivity index (χ1) is 13.2. The molecule has 0 aliphatic carbocycles. The molecule has 0 aromatic heterocycles. The molecule has 0 saturated carbocycles. The SMILES string of the molecule is CCCCOc1ccc(C(=O)NC[C@H]2OCCc3ccccc32)cc1OC. The van der Waals surface area contributed by atoms with Crippen LogP contribution in [0.15, 0.2) is 42.5 Å². The molecule has 0 saturated heterocycles. The molecule has 0 unspecified atom stereocenters. The van der Waals surface area contributed by atoms with Gasteiger partial charge in [0.2, 0.25) is 0 Å². The van der Waals surface area contributed by atoms with Gasteiger partial charge >= 0.3 is 0 Å². The third kappa shape index (κ3) is 4.80. The normalized spacial score (nSPS) is 15.7. The molecule has 0 bridgehead atoms. The molecule has 1 atom stereocenters. The Hall–Kier alpha value is -2.53. The fourth-order valence-corrected chi connectivity index (χ4v) is 3.19. The number of hydrogen-bond acceptors (Lipinski definition) is 4. The number of benzene rings is 2. The summed E-state index contributed by atoms with van der Waals surface area (Å²) in [5.74, 6) is 1.07. The van der Waals surface area contributed by atoms with Crippen LogP contribution in [0, 0.1) is 0 Å². The second-order valence-corrected chi connectivity index (χ2v) is 6.59. The predicted molar refractivity (Wildman–Crippen MR) is 105 cm³/mol. The van der Waals surface area contributed by atoms with Gasteiger partial charge in [0.25, 0.3) is 5.91 Å². The van der Waals surface area contributed by atoms with Crippen LogP contribution in [0.25, 0.3) is 0 Å². The van der Waals surface area contributed by atoms with Crippen LogP contribution in [0.4, 0.5) is 0 Å². The van der Waals surface area contributed by atoms with Crippen molar-refractivity contribution in [1.82, 2.24) is 5.32 Å². The van der Waals surface area contributed by atoms with Gasteiger partial charge in [-0.3, -0.25) is 4.79 Å². The average Bonchev–Trinajstić information content (AvgIpc) is 2.72. The quantitative estimate of drug-likeness (QED) is 0.717. The zero-order valence-electron chi connectivity index (χ0n) is 16.0. The van der Waals surface area contributed by atoms with Crippen molar-refractivity contribution in [3.05, 3.63) is 59.2 Å². The van der Waals surface area contributed by atoms with Gasteiger partial charge < -0.3 is 19.5 Å². The first-order valence-electron chi connectivity index (χ1n) is 9.51. The minimum atomic E-state index is -0.153. The van der Waals surface area contributed by atoms with E-state index in [0.29, 0.717) is 36.8 Å². The number of nitrogens with one attached hydrogen (secondary N) is 1. The Morgan fingerprint density at radius 1 is 1.22 bits per heavy atom. The van der Waals surface area contributed by atoms with E-state index in [0.717, 1.165) is 24.8 Å². The summed E-state index contributed by atoms with van der Waals surface area (Å²) >= 11 is 0. The van der Waals surface area contributed by atoms with Gasteiger partial charge in [0.15, 0.2) is 11.5 Å². The van der Waals surface area contributed by atoms with Gasteiger partial charge in [0.1, 0.15) is 6.10 Å². The maximum absolute atomic E-state index is 12.6. The van der Waals surface area contributed by atoms with Crippen molar-refractivity contribution in [3.63, 3.8) is 0 Å². The molecule has 1 aliphatic heterocycles. The molecule has 0 fully saturated rings. The summed E-state index contributed by atoms with van der Waals surface area (Å²) < 4.78 is 16.9. The summed E-state index contributed by atoms with van der Waals surface area (Å²) in [7, 11) is 1.58. The van der Waals surface area contributed by atoms with E-state index >= 15 is 0 Å². The van der Waals surface area contributed by atoms with Gasteiger partial charge in [0.05, 0.1) is 20.3 Å². The topological polar surface area (TPSA) is 56.8 Å². The van der Waals surface area contributed by atoms with Crippen molar-refractivity contribution in [3.8, 4) is 11.5 Å². The molecule has 1 N–H and O–H groups in total. The monoisotopic (exact) mass is 369 g/mol. The highest BCUT2D eigenvalue weighted by Gasteiger charge is 2.21. The highest BCUT2D eigenvalue weighted by molar-refractivity contribution is 5.94. The molecule has 1 heterocycles. The van der Waals surface area contributed by atoms with Gasteiger partial charge in [0, 0.05) is 12.1 Å². The van der Waals surface area contributed by atoms with Crippen LogP contribution in [0.2, 0.25) is 0 Å². The van der Waals surface area contributed by atoms with E-state index in [1.54, 1.807) is 25.3 Å². The molecule has 2 aromatic rings. The Balaban J connectivity index is 1.63. The predicted octanol–water partition coefficient (Wildman–Crippen LogP) is 3.92. The van der Waals surface area contributed by atoms with Crippen LogP contribution in [0.1, 0.15) is 47.4 Å². The number of carbonyl (C=O) groups excluding carboxylic acids is 1. The number of ether oxygens (including phenoxy) is 3. The molecule has 5 nitrogen and oxygen atoms in total. The third-order valence-electron chi connectivity index (χ3n) is 4.72. The minimum absolute atomic E-state index is 0.113. The van der Waals surface area contributed by atoms with Crippen molar-refractivity contribution in [2.75, 3.05) is 26.9 Å². The van der Waals surface area contributed by atoms with E-state index in [1.165, 1.54) is 5.56 Å². The number of rotatable bonds is 8. The summed E-state index contributed by atoms with van der Waals surface area (Å²) in [6.45, 7) is 3.86. The van der Waals surface area contributed by atoms with E-state index in [9.17, 15) is 4.79 Å². The van der Waals surface area contributed by atoms with Crippen LogP contribution >= 0.6 is 0 Å². The van der Waals surface area contributed by atoms with Crippen LogP contribution in [-0.4, -0.2) is 32.8 Å². The number of carbonyl (C=O) groups is 1. The Bertz CT molecular complexity index is 775. The van der Waals surface area contributed by atoms with E-state index in [1.807, 2.05) is 12.1 Å². The minimum Gasteiger partial charge on any atom is -0.493 e. The summed E-state index contributed by atoms with van der Waals surface area (Å²) in [6.07, 6.45) is 2.85. The molecule has 0 spiro atoms. The first-order valence-corrected chi connectivity index (χ1v) is 9.51. The lowest BCUT2D eigenvalue weighted by molar-refractivity contribution is 0.0411. The Labute approximate surface area is 160 Å². The lowest BCUT2D eigenvalue weighted by Gasteiger charge is -2.26. The van der Waals surface area contributed by atoms with Gasteiger partial charge in [-0.15, -0.1) is 0 Å². The second-order valence-electron chi connectivity index (χ2n) is 6.59. The average molecular weight is 369 g/mol. The number of amides is 1. The van der Waals surface area contributed by atoms with Crippen molar-refractivity contribution >= 4 is 5.91 Å². The Morgan fingerprint density at radius 2 is 2.07 bits per heavy atom. The smallest absolute Gasteiger partial charge is 0.251 e. The van der Waals surface area contributed by atoms with Crippen LogP contribution in [0.3, 0.4) is 0 Å². The van der Waals surface area contributed by atoms with Gasteiger partial charge in [-0.05, 0) is 42.2 Å². The summed E-state index contributed by atoms with van der Waals surface area (Å²) in [5.41, 5.74) is 2.98. The lowest BCUT2D eigenvalue weighted by Crippen LogP contribution is -2.31. The molecule has 27 heavy (non-hydrogen) atoms. The fraction of sp³-hybridized carbons (Fsp3) is 0.409. The largest absolute Gasteiger partial charge is 0.493 e. The van der Waals surface area contributed by atoms with Crippen molar-refractivity contribution < 1.29 is 19.0 Å². The lowest BCUT2D eigenvalue weighted by atomic mass is 9.97. The molecular formula is C22H27NO4. The number of methoxy groups -OCH3 is 1. The standard InChI is InChI=1S/C22H27NO4/c1-3-4-12-26-19-10-9-17(14-20(19)25-2)22(24)23-15-21-18-8-6-5-7-16(18)11-13-27-21/h5-10,14,21H,3-4,11-13,15H2,1-2H3,(H,23,24)/t21-/m1/s1. The molecule has 144 valence electrons. The Morgan fingerprint density at radius 3 is 2.89 bits per heavy atom. The maximum Gasteiger partial charge on any atom is 0.251 e. The van der Waals surface area contributed by atoms with E-state index in [2.05, 4.69) is 24.4 Å². The number of unbranched alkanes of at least 4 members (excludes halogenated alkanes) is 1. The molecule has 0 radical (unpaired) electrons. The molecular weight excluding hydrogens is 342 g/mol. The van der Waals surface area contributed by atoms with Crippen molar-refractivity contribution in [1.29, 1.82) is 0 Å². The van der Waals surface area contributed by atoms with Crippen molar-refractivity contribution in [2.45, 2.75) is 32.3 Å². The van der Waals surface area contributed by atoms with Crippen LogP contribution in [0.5, 0.6) is 11.5 Å². The number of fused-ring (bicyclic) bond motifs is 1. The van der Waals surface area contributed by atoms with Gasteiger partial charge in [-0.25, -0.2) is 0 Å². The Kier molecular flexibility index (Phi) is 6.71. The molecule has 3 rings (SSSR count). The molecule has 1 amide bonds.